The lowest BCUT2D eigenvalue weighted by atomic mass is 9.92. The number of fused-ring (bicyclic) bond motifs is 3. The fraction of sp³-hybridized carbons (Fsp3) is 0.360. The van der Waals surface area contributed by atoms with E-state index in [4.69, 9.17) is 0 Å². The molecule has 1 aliphatic heterocycles. The van der Waals surface area contributed by atoms with E-state index in [0.717, 1.165) is 47.8 Å². The van der Waals surface area contributed by atoms with E-state index in [1.807, 2.05) is 73.0 Å². The van der Waals surface area contributed by atoms with Gasteiger partial charge in [-0.1, -0.05) is 49.2 Å². The molecule has 1 N–H and O–H groups in total. The van der Waals surface area contributed by atoms with Crippen molar-refractivity contribution in [3.63, 3.8) is 0 Å². The average molecular weight is 402 g/mol. The molecule has 1 aromatic heterocycles. The Bertz CT molecular complexity index is 1140. The summed E-state index contributed by atoms with van der Waals surface area (Å²) in [5.41, 5.74) is 2.38. The van der Waals surface area contributed by atoms with Gasteiger partial charge in [-0.05, 0) is 50.5 Å². The molecule has 1 atom stereocenters. The van der Waals surface area contributed by atoms with Crippen LogP contribution in [0.1, 0.15) is 48.7 Å². The van der Waals surface area contributed by atoms with Gasteiger partial charge in [0.25, 0.3) is 5.91 Å². The Morgan fingerprint density at radius 1 is 1.07 bits per heavy atom. The predicted octanol–water partition coefficient (Wildman–Crippen LogP) is 4.43. The molecule has 0 spiro atoms. The second-order valence-electron chi connectivity index (χ2n) is 8.83. The molecule has 2 amide bonds. The molecule has 1 fully saturated rings. The number of hydrogen-bond donors (Lipinski definition) is 1. The molecule has 0 radical (unpaired) electrons. The van der Waals surface area contributed by atoms with Crippen LogP contribution in [-0.2, 0) is 11.3 Å². The Morgan fingerprint density at radius 2 is 1.77 bits per heavy atom. The van der Waals surface area contributed by atoms with Crippen LogP contribution in [0.25, 0.3) is 10.9 Å². The van der Waals surface area contributed by atoms with Crippen LogP contribution in [0.2, 0.25) is 0 Å². The standard InChI is InChI=1S/C25H27N3O2/c1-17-9-3-7-13-20(17)28-23(29)22-15-18-10-4-8-14-21(18)27(22)16-25(28,2)24(30)26-19-11-5-6-12-19/h3-4,7-10,13-15,19H,5-6,11-12,16H2,1-2H3,(H,26,30)/t25-/m0/s1. The minimum atomic E-state index is -1.01. The summed E-state index contributed by atoms with van der Waals surface area (Å²) in [5.74, 6) is -0.203. The smallest absolute Gasteiger partial charge is 0.275 e. The van der Waals surface area contributed by atoms with Crippen molar-refractivity contribution >= 4 is 28.4 Å². The highest BCUT2D eigenvalue weighted by Gasteiger charge is 2.49. The Kier molecular flexibility index (Phi) is 4.42. The topological polar surface area (TPSA) is 54.3 Å². The molecule has 3 aromatic rings. The van der Waals surface area contributed by atoms with Crippen LogP contribution in [-0.4, -0.2) is 28.0 Å². The number of para-hydroxylation sites is 2. The lowest BCUT2D eigenvalue weighted by Crippen LogP contribution is -2.65. The van der Waals surface area contributed by atoms with E-state index >= 15 is 0 Å². The highest BCUT2D eigenvalue weighted by Crippen LogP contribution is 2.37. The first-order chi connectivity index (χ1) is 14.5. The first kappa shape index (κ1) is 18.9. The van der Waals surface area contributed by atoms with Crippen LogP contribution in [0, 0.1) is 6.92 Å². The third-order valence-electron chi connectivity index (χ3n) is 6.73. The van der Waals surface area contributed by atoms with Gasteiger partial charge in [-0.25, -0.2) is 0 Å². The van der Waals surface area contributed by atoms with Gasteiger partial charge in [-0.15, -0.1) is 0 Å². The molecule has 2 aromatic carbocycles. The molecular formula is C25H27N3O2. The monoisotopic (exact) mass is 401 g/mol. The van der Waals surface area contributed by atoms with E-state index in [1.165, 1.54) is 0 Å². The zero-order chi connectivity index (χ0) is 20.9. The minimum Gasteiger partial charge on any atom is -0.351 e. The Hall–Kier alpha value is -3.08. The molecule has 154 valence electrons. The lowest BCUT2D eigenvalue weighted by molar-refractivity contribution is -0.127. The van der Waals surface area contributed by atoms with Crippen LogP contribution >= 0.6 is 0 Å². The maximum absolute atomic E-state index is 13.8. The number of nitrogens with one attached hydrogen (secondary N) is 1. The summed E-state index contributed by atoms with van der Waals surface area (Å²) in [6.07, 6.45) is 4.32. The van der Waals surface area contributed by atoms with E-state index in [2.05, 4.69) is 5.32 Å². The molecule has 30 heavy (non-hydrogen) atoms. The number of rotatable bonds is 3. The summed E-state index contributed by atoms with van der Waals surface area (Å²) in [7, 11) is 0. The largest absolute Gasteiger partial charge is 0.351 e. The van der Waals surface area contributed by atoms with Crippen molar-refractivity contribution in [3.8, 4) is 0 Å². The molecule has 5 nitrogen and oxygen atoms in total. The number of anilines is 1. The average Bonchev–Trinajstić information content (AvgIpc) is 3.37. The van der Waals surface area contributed by atoms with Gasteiger partial charge in [0.15, 0.2) is 0 Å². The van der Waals surface area contributed by atoms with E-state index in [0.29, 0.717) is 12.2 Å². The van der Waals surface area contributed by atoms with Crippen LogP contribution in [0.5, 0.6) is 0 Å². The first-order valence-corrected chi connectivity index (χ1v) is 10.8. The fourth-order valence-corrected chi connectivity index (χ4v) is 5.05. The fourth-order valence-electron chi connectivity index (χ4n) is 5.05. The van der Waals surface area contributed by atoms with E-state index in [9.17, 15) is 9.59 Å². The number of amides is 2. The highest BCUT2D eigenvalue weighted by atomic mass is 16.2. The second kappa shape index (κ2) is 7.01. The molecule has 2 heterocycles. The van der Waals surface area contributed by atoms with Gasteiger partial charge in [-0.2, -0.15) is 0 Å². The van der Waals surface area contributed by atoms with Crippen LogP contribution in [0.15, 0.2) is 54.6 Å². The van der Waals surface area contributed by atoms with Gasteiger partial charge >= 0.3 is 0 Å². The number of aromatic nitrogens is 1. The normalized spacial score (nSPS) is 21.8. The lowest BCUT2D eigenvalue weighted by Gasteiger charge is -2.45. The molecule has 0 bridgehead atoms. The number of carbonyl (C=O) groups is 2. The summed E-state index contributed by atoms with van der Waals surface area (Å²) in [5, 5.41) is 4.27. The molecule has 2 aliphatic rings. The van der Waals surface area contributed by atoms with Crippen LogP contribution in [0.4, 0.5) is 5.69 Å². The Balaban J connectivity index is 1.66. The number of carbonyl (C=O) groups excluding carboxylic acids is 2. The maximum Gasteiger partial charge on any atom is 0.275 e. The van der Waals surface area contributed by atoms with Crippen molar-refractivity contribution < 1.29 is 9.59 Å². The Labute approximate surface area is 176 Å². The summed E-state index contributed by atoms with van der Waals surface area (Å²) >= 11 is 0. The minimum absolute atomic E-state index is 0.0746. The first-order valence-electron chi connectivity index (χ1n) is 10.8. The van der Waals surface area contributed by atoms with Crippen molar-refractivity contribution in [1.29, 1.82) is 0 Å². The summed E-state index contributed by atoms with van der Waals surface area (Å²) in [4.78, 5) is 29.2. The SMILES string of the molecule is Cc1ccccc1N1C(=O)c2cc3ccccc3n2C[C@@]1(C)C(=O)NC1CCCC1. The highest BCUT2D eigenvalue weighted by molar-refractivity contribution is 6.14. The number of hydrogen-bond acceptors (Lipinski definition) is 2. The van der Waals surface area contributed by atoms with Crippen molar-refractivity contribution in [2.45, 2.75) is 57.7 Å². The summed E-state index contributed by atoms with van der Waals surface area (Å²) < 4.78 is 2.01. The molecular weight excluding hydrogens is 374 g/mol. The zero-order valence-electron chi connectivity index (χ0n) is 17.5. The molecule has 5 heteroatoms. The van der Waals surface area contributed by atoms with Crippen LogP contribution in [0.3, 0.4) is 0 Å². The maximum atomic E-state index is 13.8. The third-order valence-corrected chi connectivity index (χ3v) is 6.73. The summed E-state index contributed by atoms with van der Waals surface area (Å²) in [6, 6.07) is 17.9. The van der Waals surface area contributed by atoms with Crippen molar-refractivity contribution in [2.75, 3.05) is 4.90 Å². The molecule has 0 saturated heterocycles. The molecule has 1 saturated carbocycles. The number of nitrogens with zero attached hydrogens (tertiary/aromatic N) is 2. The molecule has 5 rings (SSSR count). The molecule has 0 unspecified atom stereocenters. The van der Waals surface area contributed by atoms with Crippen molar-refractivity contribution in [1.82, 2.24) is 9.88 Å². The van der Waals surface area contributed by atoms with Crippen molar-refractivity contribution in [2.24, 2.45) is 0 Å². The third kappa shape index (κ3) is 2.83. The number of aryl methyl sites for hydroxylation is 1. The zero-order valence-corrected chi connectivity index (χ0v) is 17.5. The van der Waals surface area contributed by atoms with E-state index < -0.39 is 5.54 Å². The predicted molar refractivity (Wildman–Crippen MR) is 119 cm³/mol. The second-order valence-corrected chi connectivity index (χ2v) is 8.83. The van der Waals surface area contributed by atoms with Gasteiger partial charge in [0, 0.05) is 22.6 Å². The van der Waals surface area contributed by atoms with Crippen molar-refractivity contribution in [3.05, 3.63) is 65.9 Å². The van der Waals surface area contributed by atoms with Gasteiger partial charge in [-0.3, -0.25) is 14.5 Å². The van der Waals surface area contributed by atoms with Gasteiger partial charge in [0.2, 0.25) is 5.91 Å². The Morgan fingerprint density at radius 3 is 2.53 bits per heavy atom. The van der Waals surface area contributed by atoms with Gasteiger partial charge < -0.3 is 9.88 Å². The summed E-state index contributed by atoms with van der Waals surface area (Å²) in [6.45, 7) is 4.32. The van der Waals surface area contributed by atoms with E-state index in [-0.39, 0.29) is 17.9 Å². The van der Waals surface area contributed by atoms with Gasteiger partial charge in [0.05, 0.1) is 6.54 Å². The quantitative estimate of drug-likeness (QED) is 0.706. The molecule has 1 aliphatic carbocycles. The van der Waals surface area contributed by atoms with E-state index in [1.54, 1.807) is 4.90 Å². The van der Waals surface area contributed by atoms with Gasteiger partial charge in [0.1, 0.15) is 11.2 Å². The van der Waals surface area contributed by atoms with Crippen LogP contribution < -0.4 is 10.2 Å². The number of benzene rings is 2.